The van der Waals surface area contributed by atoms with Gasteiger partial charge in [0.2, 0.25) is 0 Å². The fraction of sp³-hybridized carbons (Fsp3) is 0.250. The summed E-state index contributed by atoms with van der Waals surface area (Å²) in [6.45, 7) is 5.06. The molecule has 1 atom stereocenters. The van der Waals surface area contributed by atoms with Gasteiger partial charge in [0.25, 0.3) is 5.69 Å². The molecule has 0 amide bonds. The van der Waals surface area contributed by atoms with Gasteiger partial charge in [0, 0.05) is 17.3 Å². The van der Waals surface area contributed by atoms with Gasteiger partial charge < -0.3 is 10.4 Å². The van der Waals surface area contributed by atoms with E-state index in [2.05, 4.69) is 11.9 Å². The lowest BCUT2D eigenvalue weighted by atomic mass is 10.1. The number of carbonyl (C=O) groups is 1. The molecule has 1 rings (SSSR count). The maximum absolute atomic E-state index is 11.0. The van der Waals surface area contributed by atoms with E-state index in [0.29, 0.717) is 11.3 Å². The molecule has 18 heavy (non-hydrogen) atoms. The number of anilines is 1. The first-order chi connectivity index (χ1) is 8.47. The van der Waals surface area contributed by atoms with Crippen LogP contribution in [0.5, 0.6) is 0 Å². The highest BCUT2D eigenvalue weighted by Gasteiger charge is 2.19. The molecule has 0 aromatic heterocycles. The SMILES string of the molecule is C=CCC(Nc1cccc([N+](=O)[O-])c1C)C(=O)O. The molecule has 0 heterocycles. The Balaban J connectivity index is 3.03. The van der Waals surface area contributed by atoms with Crippen LogP contribution in [0.3, 0.4) is 0 Å². The van der Waals surface area contributed by atoms with Crippen LogP contribution in [0.4, 0.5) is 11.4 Å². The Labute approximate surface area is 104 Å². The van der Waals surface area contributed by atoms with Crippen molar-refractivity contribution >= 4 is 17.3 Å². The Hall–Kier alpha value is -2.37. The van der Waals surface area contributed by atoms with Crippen LogP contribution >= 0.6 is 0 Å². The molecule has 1 aromatic rings. The van der Waals surface area contributed by atoms with E-state index in [1.54, 1.807) is 13.0 Å². The van der Waals surface area contributed by atoms with E-state index >= 15 is 0 Å². The lowest BCUT2D eigenvalue weighted by Crippen LogP contribution is -2.28. The van der Waals surface area contributed by atoms with Crippen molar-refractivity contribution in [2.45, 2.75) is 19.4 Å². The minimum atomic E-state index is -1.03. The summed E-state index contributed by atoms with van der Waals surface area (Å²) in [6, 6.07) is 3.66. The molecule has 0 fully saturated rings. The van der Waals surface area contributed by atoms with Gasteiger partial charge in [0.15, 0.2) is 0 Å². The molecule has 0 bridgehead atoms. The summed E-state index contributed by atoms with van der Waals surface area (Å²) in [5, 5.41) is 22.5. The summed E-state index contributed by atoms with van der Waals surface area (Å²) >= 11 is 0. The van der Waals surface area contributed by atoms with Crippen LogP contribution in [0, 0.1) is 17.0 Å². The van der Waals surface area contributed by atoms with Crippen molar-refractivity contribution in [2.75, 3.05) is 5.32 Å². The first-order valence-electron chi connectivity index (χ1n) is 5.31. The van der Waals surface area contributed by atoms with E-state index in [-0.39, 0.29) is 12.1 Å². The minimum absolute atomic E-state index is 0.0391. The van der Waals surface area contributed by atoms with Gasteiger partial charge in [-0.2, -0.15) is 0 Å². The highest BCUT2D eigenvalue weighted by Crippen LogP contribution is 2.25. The average molecular weight is 250 g/mol. The van der Waals surface area contributed by atoms with Crippen molar-refractivity contribution in [1.29, 1.82) is 0 Å². The van der Waals surface area contributed by atoms with Crippen LogP contribution in [0.15, 0.2) is 30.9 Å². The molecule has 0 saturated heterocycles. The second kappa shape index (κ2) is 5.81. The predicted molar refractivity (Wildman–Crippen MR) is 67.7 cm³/mol. The van der Waals surface area contributed by atoms with Gasteiger partial charge in [-0.05, 0) is 19.4 Å². The first kappa shape index (κ1) is 13.7. The Morgan fingerprint density at radius 2 is 2.33 bits per heavy atom. The fourth-order valence-electron chi connectivity index (χ4n) is 1.55. The van der Waals surface area contributed by atoms with E-state index in [1.165, 1.54) is 18.2 Å². The summed E-state index contributed by atoms with van der Waals surface area (Å²) in [4.78, 5) is 21.2. The standard InChI is InChI=1S/C12H14N2O4/c1-3-5-10(12(15)16)13-9-6-4-7-11(8(9)2)14(17)18/h3-4,6-7,10,13H,1,5H2,2H3,(H,15,16). The number of nitrogens with zero attached hydrogens (tertiary/aromatic N) is 1. The molecular weight excluding hydrogens is 236 g/mol. The van der Waals surface area contributed by atoms with E-state index in [4.69, 9.17) is 5.11 Å². The smallest absolute Gasteiger partial charge is 0.326 e. The van der Waals surface area contributed by atoms with Crippen molar-refractivity contribution in [3.05, 3.63) is 46.5 Å². The van der Waals surface area contributed by atoms with Crippen LogP contribution in [0.25, 0.3) is 0 Å². The Morgan fingerprint density at radius 3 is 2.83 bits per heavy atom. The van der Waals surface area contributed by atoms with Gasteiger partial charge in [-0.15, -0.1) is 6.58 Å². The summed E-state index contributed by atoms with van der Waals surface area (Å²) in [6.07, 6.45) is 1.72. The van der Waals surface area contributed by atoms with Gasteiger partial charge in [0.1, 0.15) is 6.04 Å². The molecule has 1 unspecified atom stereocenters. The summed E-state index contributed by atoms with van der Waals surface area (Å²) < 4.78 is 0. The lowest BCUT2D eigenvalue weighted by molar-refractivity contribution is -0.385. The van der Waals surface area contributed by atoms with Crippen LogP contribution in [0.2, 0.25) is 0 Å². The first-order valence-corrected chi connectivity index (χ1v) is 5.31. The predicted octanol–water partition coefficient (Wildman–Crippen LogP) is 2.34. The number of carboxylic acid groups (broad SMARTS) is 1. The molecule has 0 aliphatic carbocycles. The molecule has 6 nitrogen and oxygen atoms in total. The molecule has 6 heteroatoms. The van der Waals surface area contributed by atoms with E-state index < -0.39 is 16.9 Å². The van der Waals surface area contributed by atoms with Crippen molar-refractivity contribution in [1.82, 2.24) is 0 Å². The number of carboxylic acids is 1. The molecule has 0 saturated carbocycles. The summed E-state index contributed by atoms with van der Waals surface area (Å²) in [5.41, 5.74) is 0.819. The highest BCUT2D eigenvalue weighted by molar-refractivity contribution is 5.78. The third-order valence-electron chi connectivity index (χ3n) is 2.53. The van der Waals surface area contributed by atoms with E-state index in [9.17, 15) is 14.9 Å². The van der Waals surface area contributed by atoms with Crippen LogP contribution in [-0.4, -0.2) is 22.0 Å². The van der Waals surface area contributed by atoms with Crippen molar-refractivity contribution in [3.8, 4) is 0 Å². The van der Waals surface area contributed by atoms with Gasteiger partial charge in [-0.1, -0.05) is 12.1 Å². The molecular formula is C12H14N2O4. The molecule has 1 aromatic carbocycles. The molecule has 96 valence electrons. The van der Waals surface area contributed by atoms with Gasteiger partial charge in [-0.25, -0.2) is 4.79 Å². The monoisotopic (exact) mass is 250 g/mol. The number of aliphatic carboxylic acids is 1. The van der Waals surface area contributed by atoms with E-state index in [0.717, 1.165) is 0 Å². The number of nitro benzene ring substituents is 1. The zero-order valence-corrected chi connectivity index (χ0v) is 9.92. The fourth-order valence-corrected chi connectivity index (χ4v) is 1.55. The Morgan fingerprint density at radius 1 is 1.67 bits per heavy atom. The molecule has 0 aliphatic heterocycles. The minimum Gasteiger partial charge on any atom is -0.480 e. The number of nitro groups is 1. The van der Waals surface area contributed by atoms with Crippen molar-refractivity contribution in [2.24, 2.45) is 0 Å². The maximum Gasteiger partial charge on any atom is 0.326 e. The summed E-state index contributed by atoms with van der Waals surface area (Å²) in [5.74, 6) is -1.03. The average Bonchev–Trinajstić information content (AvgIpc) is 2.30. The topological polar surface area (TPSA) is 92.5 Å². The third kappa shape index (κ3) is 3.07. The second-order valence-corrected chi connectivity index (χ2v) is 3.77. The molecule has 0 radical (unpaired) electrons. The maximum atomic E-state index is 11.0. The number of benzene rings is 1. The molecule has 0 spiro atoms. The number of nitrogens with one attached hydrogen (secondary N) is 1. The quantitative estimate of drug-likeness (QED) is 0.459. The number of hydrogen-bond donors (Lipinski definition) is 2. The number of rotatable bonds is 6. The van der Waals surface area contributed by atoms with Crippen LogP contribution in [-0.2, 0) is 4.79 Å². The van der Waals surface area contributed by atoms with Crippen molar-refractivity contribution < 1.29 is 14.8 Å². The van der Waals surface area contributed by atoms with Crippen molar-refractivity contribution in [3.63, 3.8) is 0 Å². The zero-order chi connectivity index (χ0) is 13.7. The number of hydrogen-bond acceptors (Lipinski definition) is 4. The zero-order valence-electron chi connectivity index (χ0n) is 9.92. The lowest BCUT2D eigenvalue weighted by Gasteiger charge is -2.15. The third-order valence-corrected chi connectivity index (χ3v) is 2.53. The highest BCUT2D eigenvalue weighted by atomic mass is 16.6. The molecule has 2 N–H and O–H groups in total. The largest absolute Gasteiger partial charge is 0.480 e. The molecule has 0 aliphatic rings. The van der Waals surface area contributed by atoms with Crippen LogP contribution in [0.1, 0.15) is 12.0 Å². The Kier molecular flexibility index (Phi) is 4.42. The van der Waals surface area contributed by atoms with Gasteiger partial charge in [0.05, 0.1) is 4.92 Å². The Bertz CT molecular complexity index is 485. The normalized spacial score (nSPS) is 11.6. The van der Waals surface area contributed by atoms with Crippen LogP contribution < -0.4 is 5.32 Å². The van der Waals surface area contributed by atoms with Gasteiger partial charge >= 0.3 is 5.97 Å². The second-order valence-electron chi connectivity index (χ2n) is 3.77. The van der Waals surface area contributed by atoms with Gasteiger partial charge in [-0.3, -0.25) is 10.1 Å². The van der Waals surface area contributed by atoms with E-state index in [1.807, 2.05) is 0 Å². The summed E-state index contributed by atoms with van der Waals surface area (Å²) in [7, 11) is 0.